The number of esters is 1. The lowest BCUT2D eigenvalue weighted by molar-refractivity contribution is -0.154. The number of β-lactam (4-membered cyclic amide) rings is 1. The molecule has 13 heteroatoms. The van der Waals surface area contributed by atoms with Crippen molar-refractivity contribution in [1.82, 2.24) is 15.0 Å². The standard InChI is InChI=1S/C45H49N5O7Si/c1-29-43(58(4,5)35-21-19-34(55-3)20-22-35)40(23-24-48-27-38(46-47-48)36(28-51)32-11-7-6-8-12-32)57-45(29)37-13-9-10-14-39(37)49(44(45)54)26-31-15-17-33(18-16-31)50-41(53)25-42(50)56-30(2)52/h6-22,27,29,36,40,42-43,51H,23-26,28H2,1-5H3/t29-,36?,40+,42?,43-,45+/m0/s1. The number of benzene rings is 4. The van der Waals surface area contributed by atoms with E-state index in [0.29, 0.717) is 30.9 Å². The first-order valence-electron chi connectivity index (χ1n) is 19.8. The number of ether oxygens (including phenoxy) is 3. The van der Waals surface area contributed by atoms with E-state index < -0.39 is 25.9 Å². The van der Waals surface area contributed by atoms with Gasteiger partial charge in [0.25, 0.3) is 5.91 Å². The molecule has 1 aromatic heterocycles. The number of carbonyl (C=O) groups is 3. The molecular formula is C45H49N5O7Si. The number of fused-ring (bicyclic) bond motifs is 2. The van der Waals surface area contributed by atoms with E-state index in [1.165, 1.54) is 17.0 Å². The Morgan fingerprint density at radius 1 is 0.983 bits per heavy atom. The van der Waals surface area contributed by atoms with Gasteiger partial charge in [0, 0.05) is 36.8 Å². The number of aliphatic hydroxyl groups is 1. The third kappa shape index (κ3) is 6.80. The van der Waals surface area contributed by atoms with Gasteiger partial charge in [-0.2, -0.15) is 0 Å². The van der Waals surface area contributed by atoms with Gasteiger partial charge >= 0.3 is 5.97 Å². The fourth-order valence-electron chi connectivity index (χ4n) is 9.52. The summed E-state index contributed by atoms with van der Waals surface area (Å²) >= 11 is 0. The van der Waals surface area contributed by atoms with E-state index in [1.54, 1.807) is 7.11 Å². The molecule has 2 saturated heterocycles. The highest BCUT2D eigenvalue weighted by Crippen LogP contribution is 2.60. The SMILES string of the molecule is COc1ccc([Si](C)(C)[C@@H]2[C@@H](CCn3cc(C(CO)c4ccccc4)nn3)O[C@]3(C(=O)N(Cc4ccc(N5C(=O)CC5OC(C)=O)cc4)c4ccccc43)[C@H]2C)cc1. The van der Waals surface area contributed by atoms with Crippen molar-refractivity contribution in [2.24, 2.45) is 5.92 Å². The molecule has 300 valence electrons. The minimum absolute atomic E-state index is 0.0360. The second-order valence-corrected chi connectivity index (χ2v) is 20.8. The molecule has 6 atom stereocenters. The highest BCUT2D eigenvalue weighted by Gasteiger charge is 2.66. The molecule has 0 radical (unpaired) electrons. The van der Waals surface area contributed by atoms with Crippen molar-refractivity contribution in [3.63, 3.8) is 0 Å². The lowest BCUT2D eigenvalue weighted by atomic mass is 9.82. The Balaban J connectivity index is 1.10. The summed E-state index contributed by atoms with van der Waals surface area (Å²) in [4.78, 5) is 42.6. The number of rotatable bonds is 13. The molecular weight excluding hydrogens is 751 g/mol. The first-order chi connectivity index (χ1) is 28.0. The quantitative estimate of drug-likeness (QED) is 0.0879. The largest absolute Gasteiger partial charge is 0.497 e. The Hall–Kier alpha value is -5.63. The number of aromatic nitrogens is 3. The van der Waals surface area contributed by atoms with Crippen molar-refractivity contribution in [3.05, 3.63) is 132 Å². The lowest BCUT2D eigenvalue weighted by Crippen LogP contribution is -2.54. The maximum Gasteiger partial charge on any atom is 0.304 e. The number of para-hydroxylation sites is 1. The van der Waals surface area contributed by atoms with Crippen molar-refractivity contribution in [2.45, 2.75) is 82.3 Å². The molecule has 0 aliphatic carbocycles. The van der Waals surface area contributed by atoms with Crippen molar-refractivity contribution in [1.29, 1.82) is 0 Å². The molecule has 3 aliphatic rings. The van der Waals surface area contributed by atoms with E-state index in [1.807, 2.05) is 107 Å². The van der Waals surface area contributed by atoms with Crippen LogP contribution >= 0.6 is 0 Å². The molecule has 0 saturated carbocycles. The number of hydrogen-bond donors (Lipinski definition) is 1. The highest BCUT2D eigenvalue weighted by atomic mass is 28.3. The summed E-state index contributed by atoms with van der Waals surface area (Å²) in [5.41, 5.74) is 3.68. The lowest BCUT2D eigenvalue weighted by Gasteiger charge is -2.39. The first kappa shape index (κ1) is 39.2. The zero-order valence-electron chi connectivity index (χ0n) is 33.4. The molecule has 2 fully saturated rings. The predicted octanol–water partition coefficient (Wildman–Crippen LogP) is 5.89. The van der Waals surface area contributed by atoms with Gasteiger partial charge in [-0.25, -0.2) is 0 Å². The number of aryl methyl sites for hydroxylation is 1. The third-order valence-corrected chi connectivity index (χ3v) is 16.8. The van der Waals surface area contributed by atoms with Gasteiger partial charge in [0.05, 0.1) is 58.2 Å². The summed E-state index contributed by atoms with van der Waals surface area (Å²) in [5.74, 6) is -0.332. The van der Waals surface area contributed by atoms with Crippen LogP contribution in [0.5, 0.6) is 5.75 Å². The summed E-state index contributed by atoms with van der Waals surface area (Å²) in [5, 5.41) is 20.5. The molecule has 3 aliphatic heterocycles. The zero-order valence-corrected chi connectivity index (χ0v) is 34.4. The topological polar surface area (TPSA) is 136 Å². The average Bonchev–Trinajstić information content (AvgIpc) is 3.88. The number of methoxy groups -OCH3 is 1. The van der Waals surface area contributed by atoms with Crippen LogP contribution in [0.15, 0.2) is 109 Å². The minimum atomic E-state index is -2.38. The Kier molecular flexibility index (Phi) is 10.6. The molecule has 2 unspecified atom stereocenters. The molecule has 58 heavy (non-hydrogen) atoms. The molecule has 5 aromatic rings. The fourth-order valence-corrected chi connectivity index (χ4v) is 13.6. The van der Waals surface area contributed by atoms with Crippen LogP contribution in [0.3, 0.4) is 0 Å². The number of nitrogens with zero attached hydrogens (tertiary/aromatic N) is 5. The van der Waals surface area contributed by atoms with Crippen molar-refractivity contribution >= 4 is 42.4 Å². The fraction of sp³-hybridized carbons (Fsp3) is 0.356. The van der Waals surface area contributed by atoms with Crippen LogP contribution in [0.2, 0.25) is 18.6 Å². The molecule has 4 heterocycles. The zero-order chi connectivity index (χ0) is 40.8. The third-order valence-electron chi connectivity index (χ3n) is 12.4. The van der Waals surface area contributed by atoms with Gasteiger partial charge in [0.2, 0.25) is 5.91 Å². The Bertz CT molecular complexity index is 2300. The van der Waals surface area contributed by atoms with Crippen LogP contribution in [0.1, 0.15) is 55.0 Å². The van der Waals surface area contributed by atoms with Gasteiger partial charge in [0.1, 0.15) is 5.75 Å². The van der Waals surface area contributed by atoms with Crippen LogP contribution in [-0.4, -0.2) is 72.0 Å². The molecule has 4 aromatic carbocycles. The Labute approximate surface area is 339 Å². The summed E-state index contributed by atoms with van der Waals surface area (Å²) in [6.07, 6.45) is 1.75. The molecule has 2 amide bonds. The maximum absolute atomic E-state index is 15.2. The minimum Gasteiger partial charge on any atom is -0.497 e. The van der Waals surface area contributed by atoms with Crippen LogP contribution in [0.25, 0.3) is 0 Å². The van der Waals surface area contributed by atoms with Gasteiger partial charge in [-0.05, 0) is 53.4 Å². The molecule has 1 spiro atoms. The van der Waals surface area contributed by atoms with Crippen LogP contribution < -0.4 is 19.7 Å². The molecule has 0 bridgehead atoms. The summed E-state index contributed by atoms with van der Waals surface area (Å²) in [6.45, 7) is 8.97. The van der Waals surface area contributed by atoms with Gasteiger partial charge in [-0.1, -0.05) is 103 Å². The smallest absolute Gasteiger partial charge is 0.304 e. The average molecular weight is 800 g/mol. The van der Waals surface area contributed by atoms with Gasteiger partial charge in [0.15, 0.2) is 11.8 Å². The maximum atomic E-state index is 15.2. The summed E-state index contributed by atoms with van der Waals surface area (Å²) in [6, 6.07) is 33.6. The van der Waals surface area contributed by atoms with Crippen molar-refractivity contribution in [3.8, 4) is 5.75 Å². The van der Waals surface area contributed by atoms with E-state index in [4.69, 9.17) is 14.2 Å². The van der Waals surface area contributed by atoms with Crippen LogP contribution in [0, 0.1) is 5.92 Å². The van der Waals surface area contributed by atoms with Gasteiger partial charge in [-0.3, -0.25) is 24.0 Å². The van der Waals surface area contributed by atoms with Gasteiger partial charge in [-0.15, -0.1) is 5.10 Å². The van der Waals surface area contributed by atoms with E-state index in [0.717, 1.165) is 28.1 Å². The second-order valence-electron chi connectivity index (χ2n) is 16.1. The predicted molar refractivity (Wildman–Crippen MR) is 221 cm³/mol. The number of anilines is 2. The normalized spacial score (nSPS) is 23.2. The Morgan fingerprint density at radius 3 is 2.36 bits per heavy atom. The van der Waals surface area contributed by atoms with E-state index >= 15 is 4.79 Å². The summed E-state index contributed by atoms with van der Waals surface area (Å²) < 4.78 is 20.0. The molecule has 1 N–H and O–H groups in total. The van der Waals surface area contributed by atoms with E-state index in [9.17, 15) is 14.7 Å². The first-order valence-corrected chi connectivity index (χ1v) is 22.9. The number of aliphatic hydroxyl groups excluding tert-OH is 1. The van der Waals surface area contributed by atoms with Crippen molar-refractivity contribution < 1.29 is 33.7 Å². The molecule has 12 nitrogen and oxygen atoms in total. The van der Waals surface area contributed by atoms with Crippen LogP contribution in [-0.2, 0) is 42.5 Å². The monoisotopic (exact) mass is 799 g/mol. The Morgan fingerprint density at radius 2 is 1.69 bits per heavy atom. The number of carbonyl (C=O) groups excluding carboxylic acids is 3. The second kappa shape index (κ2) is 15.6. The molecule has 8 rings (SSSR count). The highest BCUT2D eigenvalue weighted by molar-refractivity contribution is 6.91. The number of amides is 2. The van der Waals surface area contributed by atoms with E-state index in [-0.39, 0.29) is 48.3 Å². The van der Waals surface area contributed by atoms with E-state index in [2.05, 4.69) is 42.5 Å². The van der Waals surface area contributed by atoms with Gasteiger partial charge < -0.3 is 24.2 Å². The number of hydrogen-bond acceptors (Lipinski definition) is 9. The van der Waals surface area contributed by atoms with Crippen LogP contribution in [0.4, 0.5) is 11.4 Å². The van der Waals surface area contributed by atoms with Crippen molar-refractivity contribution in [2.75, 3.05) is 23.5 Å². The summed E-state index contributed by atoms with van der Waals surface area (Å²) in [7, 11) is -0.713.